The molecular formula is C12H15F3O. The topological polar surface area (TPSA) is 20.2 Å². The Morgan fingerprint density at radius 3 is 2.44 bits per heavy atom. The van der Waals surface area contributed by atoms with Crippen molar-refractivity contribution in [1.29, 1.82) is 0 Å². The molecule has 0 amide bonds. The molecule has 16 heavy (non-hydrogen) atoms. The number of aliphatic hydroxyl groups excluding tert-OH is 1. The maximum Gasteiger partial charge on any atom is 0.416 e. The Morgan fingerprint density at radius 1 is 1.31 bits per heavy atom. The molecule has 0 aliphatic rings. The number of hydrogen-bond donors (Lipinski definition) is 1. The molecular weight excluding hydrogens is 217 g/mol. The zero-order chi connectivity index (χ0) is 12.3. The van der Waals surface area contributed by atoms with Gasteiger partial charge in [0.15, 0.2) is 0 Å². The van der Waals surface area contributed by atoms with Crippen LogP contribution in [0.1, 0.15) is 30.0 Å². The van der Waals surface area contributed by atoms with Crippen LogP contribution in [0.2, 0.25) is 0 Å². The second-order valence-electron chi connectivity index (χ2n) is 4.03. The van der Waals surface area contributed by atoms with Crippen LogP contribution in [-0.2, 0) is 12.6 Å². The first-order valence-corrected chi connectivity index (χ1v) is 5.15. The Bertz CT molecular complexity index is 356. The lowest BCUT2D eigenvalue weighted by Gasteiger charge is -2.12. The van der Waals surface area contributed by atoms with E-state index in [9.17, 15) is 13.2 Å². The standard InChI is InChI=1S/C12H15F3O/c1-8-3-6-11(12(13,14)15)7-10(8)5-4-9(2)16/h3,6-7,9,16H,4-5H2,1-2H3. The first kappa shape index (κ1) is 13.0. The number of halogens is 3. The number of benzene rings is 1. The molecule has 4 heteroatoms. The van der Waals surface area contributed by atoms with Gasteiger partial charge in [0.1, 0.15) is 0 Å². The van der Waals surface area contributed by atoms with Gasteiger partial charge in [-0.25, -0.2) is 0 Å². The molecule has 0 aliphatic carbocycles. The number of rotatable bonds is 3. The maximum atomic E-state index is 12.4. The molecule has 1 rings (SSSR count). The summed E-state index contributed by atoms with van der Waals surface area (Å²) in [6.45, 7) is 3.40. The van der Waals surface area contributed by atoms with E-state index in [1.807, 2.05) is 0 Å². The van der Waals surface area contributed by atoms with Gasteiger partial charge in [0, 0.05) is 0 Å². The van der Waals surface area contributed by atoms with E-state index in [1.165, 1.54) is 6.07 Å². The van der Waals surface area contributed by atoms with E-state index in [0.717, 1.165) is 17.7 Å². The Balaban J connectivity index is 2.91. The van der Waals surface area contributed by atoms with Crippen molar-refractivity contribution in [2.24, 2.45) is 0 Å². The van der Waals surface area contributed by atoms with E-state index in [-0.39, 0.29) is 0 Å². The molecule has 0 spiro atoms. The van der Waals surface area contributed by atoms with Gasteiger partial charge in [-0.1, -0.05) is 6.07 Å². The van der Waals surface area contributed by atoms with Gasteiger partial charge in [0.2, 0.25) is 0 Å². The van der Waals surface area contributed by atoms with Crippen LogP contribution in [-0.4, -0.2) is 11.2 Å². The molecule has 0 radical (unpaired) electrons. The van der Waals surface area contributed by atoms with Crippen molar-refractivity contribution in [2.75, 3.05) is 0 Å². The zero-order valence-corrected chi connectivity index (χ0v) is 9.30. The lowest BCUT2D eigenvalue weighted by molar-refractivity contribution is -0.137. The minimum Gasteiger partial charge on any atom is -0.393 e. The Hall–Kier alpha value is -1.03. The van der Waals surface area contributed by atoms with Gasteiger partial charge in [-0.15, -0.1) is 0 Å². The molecule has 90 valence electrons. The summed E-state index contributed by atoms with van der Waals surface area (Å²) in [5.74, 6) is 0. The molecule has 0 saturated carbocycles. The molecule has 1 atom stereocenters. The third-order valence-electron chi connectivity index (χ3n) is 2.51. The predicted molar refractivity (Wildman–Crippen MR) is 56.2 cm³/mol. The average Bonchev–Trinajstić information content (AvgIpc) is 2.14. The molecule has 0 aromatic heterocycles. The summed E-state index contributed by atoms with van der Waals surface area (Å²) in [6, 6.07) is 3.72. The van der Waals surface area contributed by atoms with Crippen molar-refractivity contribution in [3.63, 3.8) is 0 Å². The fourth-order valence-electron chi connectivity index (χ4n) is 1.48. The Kier molecular flexibility index (Phi) is 3.97. The molecule has 0 fully saturated rings. The average molecular weight is 232 g/mol. The minimum atomic E-state index is -4.30. The number of hydrogen-bond acceptors (Lipinski definition) is 1. The number of aryl methyl sites for hydroxylation is 2. The normalized spacial score (nSPS) is 13.9. The lowest BCUT2D eigenvalue weighted by Crippen LogP contribution is -2.07. The van der Waals surface area contributed by atoms with Crippen LogP contribution in [0.4, 0.5) is 13.2 Å². The monoisotopic (exact) mass is 232 g/mol. The summed E-state index contributed by atoms with van der Waals surface area (Å²) in [5.41, 5.74) is 0.850. The van der Waals surface area contributed by atoms with Crippen molar-refractivity contribution in [3.8, 4) is 0 Å². The highest BCUT2D eigenvalue weighted by molar-refractivity contribution is 5.32. The summed E-state index contributed by atoms with van der Waals surface area (Å²) in [7, 11) is 0. The maximum absolute atomic E-state index is 12.4. The van der Waals surface area contributed by atoms with Gasteiger partial charge < -0.3 is 5.11 Å². The molecule has 1 aromatic carbocycles. The van der Waals surface area contributed by atoms with E-state index in [1.54, 1.807) is 13.8 Å². The summed E-state index contributed by atoms with van der Waals surface area (Å²) < 4.78 is 37.3. The van der Waals surface area contributed by atoms with Crippen molar-refractivity contribution in [1.82, 2.24) is 0 Å². The molecule has 0 bridgehead atoms. The van der Waals surface area contributed by atoms with Crippen LogP contribution in [0.5, 0.6) is 0 Å². The van der Waals surface area contributed by atoms with Crippen molar-refractivity contribution in [3.05, 3.63) is 34.9 Å². The van der Waals surface area contributed by atoms with E-state index in [0.29, 0.717) is 18.4 Å². The quantitative estimate of drug-likeness (QED) is 0.847. The van der Waals surface area contributed by atoms with Crippen LogP contribution >= 0.6 is 0 Å². The van der Waals surface area contributed by atoms with Crippen molar-refractivity contribution < 1.29 is 18.3 Å². The predicted octanol–water partition coefficient (Wildman–Crippen LogP) is 3.33. The third kappa shape index (κ3) is 3.52. The molecule has 1 nitrogen and oxygen atoms in total. The summed E-state index contributed by atoms with van der Waals surface area (Å²) in [5, 5.41) is 9.11. The van der Waals surface area contributed by atoms with Crippen LogP contribution in [0.25, 0.3) is 0 Å². The van der Waals surface area contributed by atoms with E-state index < -0.39 is 17.8 Å². The van der Waals surface area contributed by atoms with Gasteiger partial charge in [-0.2, -0.15) is 13.2 Å². The third-order valence-corrected chi connectivity index (χ3v) is 2.51. The van der Waals surface area contributed by atoms with Crippen molar-refractivity contribution >= 4 is 0 Å². The first-order valence-electron chi connectivity index (χ1n) is 5.15. The van der Waals surface area contributed by atoms with Crippen LogP contribution in [0.15, 0.2) is 18.2 Å². The lowest BCUT2D eigenvalue weighted by atomic mass is 9.99. The minimum absolute atomic E-state index is 0.466. The molecule has 0 aliphatic heterocycles. The summed E-state index contributed by atoms with van der Waals surface area (Å²) in [6.07, 6.45) is -3.85. The summed E-state index contributed by atoms with van der Waals surface area (Å²) >= 11 is 0. The molecule has 0 saturated heterocycles. The first-order chi connectivity index (χ1) is 7.30. The SMILES string of the molecule is Cc1ccc(C(F)(F)F)cc1CCC(C)O. The molecule has 1 aromatic rings. The van der Waals surface area contributed by atoms with Crippen LogP contribution < -0.4 is 0 Å². The van der Waals surface area contributed by atoms with Gasteiger partial charge >= 0.3 is 6.18 Å². The Labute approximate surface area is 92.9 Å². The number of aliphatic hydroxyl groups is 1. The molecule has 0 heterocycles. The van der Waals surface area contributed by atoms with Gasteiger partial charge in [0.25, 0.3) is 0 Å². The zero-order valence-electron chi connectivity index (χ0n) is 9.30. The van der Waals surface area contributed by atoms with Crippen LogP contribution in [0.3, 0.4) is 0 Å². The van der Waals surface area contributed by atoms with E-state index in [4.69, 9.17) is 5.11 Å². The molecule has 1 unspecified atom stereocenters. The van der Waals surface area contributed by atoms with Crippen LogP contribution in [0, 0.1) is 6.92 Å². The van der Waals surface area contributed by atoms with Gasteiger partial charge in [-0.05, 0) is 49.9 Å². The fraction of sp³-hybridized carbons (Fsp3) is 0.500. The largest absolute Gasteiger partial charge is 0.416 e. The second kappa shape index (κ2) is 4.87. The molecule has 1 N–H and O–H groups in total. The van der Waals surface area contributed by atoms with Gasteiger partial charge in [0.05, 0.1) is 11.7 Å². The second-order valence-corrected chi connectivity index (χ2v) is 4.03. The highest BCUT2D eigenvalue weighted by Crippen LogP contribution is 2.30. The fourth-order valence-corrected chi connectivity index (χ4v) is 1.48. The van der Waals surface area contributed by atoms with Crippen molar-refractivity contribution in [2.45, 2.75) is 39.0 Å². The highest BCUT2D eigenvalue weighted by Gasteiger charge is 2.30. The summed E-state index contributed by atoms with van der Waals surface area (Å²) in [4.78, 5) is 0. The number of alkyl halides is 3. The van der Waals surface area contributed by atoms with E-state index >= 15 is 0 Å². The van der Waals surface area contributed by atoms with E-state index in [2.05, 4.69) is 0 Å². The highest BCUT2D eigenvalue weighted by atomic mass is 19.4. The smallest absolute Gasteiger partial charge is 0.393 e. The van der Waals surface area contributed by atoms with Gasteiger partial charge in [-0.3, -0.25) is 0 Å². The Morgan fingerprint density at radius 2 is 1.94 bits per heavy atom.